The largest absolute Gasteiger partial charge is 0.353 e. The Morgan fingerprint density at radius 1 is 1.19 bits per heavy atom. The van der Waals surface area contributed by atoms with E-state index in [1.165, 1.54) is 12.1 Å². The SMILES string of the molecule is Cc1ccc(S(=O)(=O)OC[C@@H](O[C@@H]2CCCCO2)c2cccc(Cl)c2)cc1. The van der Waals surface area contributed by atoms with Crippen LogP contribution in [0.3, 0.4) is 0 Å². The molecule has 1 heterocycles. The van der Waals surface area contributed by atoms with Crippen LogP contribution in [-0.4, -0.2) is 27.9 Å². The standard InChI is InChI=1S/C20H23ClO5S/c1-15-8-10-18(11-9-15)27(22,23)25-14-19(16-5-4-6-17(21)13-16)26-20-7-2-3-12-24-20/h4-6,8-11,13,19-20H,2-3,7,12,14H2,1H3/t19-,20-/m1/s1. The Bertz CT molecular complexity index is 845. The third-order valence-corrected chi connectivity index (χ3v) is 5.89. The van der Waals surface area contributed by atoms with Crippen molar-refractivity contribution in [1.82, 2.24) is 0 Å². The maximum atomic E-state index is 12.5. The van der Waals surface area contributed by atoms with Crippen LogP contribution in [0.15, 0.2) is 53.4 Å². The summed E-state index contributed by atoms with van der Waals surface area (Å²) < 4.78 is 42.0. The summed E-state index contributed by atoms with van der Waals surface area (Å²) >= 11 is 6.09. The molecule has 1 aliphatic rings. The molecule has 2 aromatic rings. The van der Waals surface area contributed by atoms with Gasteiger partial charge in [0.2, 0.25) is 0 Å². The minimum absolute atomic E-state index is 0.117. The molecule has 0 bridgehead atoms. The first-order valence-electron chi connectivity index (χ1n) is 8.93. The van der Waals surface area contributed by atoms with Crippen LogP contribution in [0, 0.1) is 6.92 Å². The average molecular weight is 411 g/mol. The molecule has 0 radical (unpaired) electrons. The molecular formula is C20H23ClO5S. The first-order chi connectivity index (χ1) is 12.9. The first-order valence-corrected chi connectivity index (χ1v) is 10.7. The van der Waals surface area contributed by atoms with Crippen molar-refractivity contribution in [1.29, 1.82) is 0 Å². The van der Waals surface area contributed by atoms with Crippen LogP contribution in [-0.2, 0) is 23.8 Å². The third kappa shape index (κ3) is 5.77. The molecule has 2 atom stereocenters. The molecule has 2 aromatic carbocycles. The fourth-order valence-electron chi connectivity index (χ4n) is 2.85. The number of rotatable bonds is 7. The van der Waals surface area contributed by atoms with E-state index < -0.39 is 16.2 Å². The van der Waals surface area contributed by atoms with Crippen LogP contribution >= 0.6 is 11.6 Å². The maximum absolute atomic E-state index is 12.5. The molecule has 1 aliphatic heterocycles. The Morgan fingerprint density at radius 2 is 1.96 bits per heavy atom. The summed E-state index contributed by atoms with van der Waals surface area (Å²) in [4.78, 5) is 0.117. The molecule has 3 rings (SSSR count). The average Bonchev–Trinajstić information content (AvgIpc) is 2.66. The lowest BCUT2D eigenvalue weighted by atomic mass is 10.1. The van der Waals surface area contributed by atoms with Gasteiger partial charge in [-0.3, -0.25) is 4.18 Å². The van der Waals surface area contributed by atoms with Crippen molar-refractivity contribution in [3.63, 3.8) is 0 Å². The van der Waals surface area contributed by atoms with E-state index in [-0.39, 0.29) is 17.8 Å². The van der Waals surface area contributed by atoms with Gasteiger partial charge in [0.05, 0.1) is 11.5 Å². The van der Waals surface area contributed by atoms with Gasteiger partial charge in [-0.1, -0.05) is 41.4 Å². The van der Waals surface area contributed by atoms with E-state index >= 15 is 0 Å². The second-order valence-corrected chi connectivity index (χ2v) is 8.58. The fraction of sp³-hybridized carbons (Fsp3) is 0.400. The molecule has 0 unspecified atom stereocenters. The number of hydrogen-bond acceptors (Lipinski definition) is 5. The Morgan fingerprint density at radius 3 is 2.63 bits per heavy atom. The van der Waals surface area contributed by atoms with Gasteiger partial charge in [0, 0.05) is 11.6 Å². The van der Waals surface area contributed by atoms with Crippen molar-refractivity contribution in [2.45, 2.75) is 43.5 Å². The van der Waals surface area contributed by atoms with Crippen LogP contribution in [0.25, 0.3) is 0 Å². The van der Waals surface area contributed by atoms with Gasteiger partial charge in [-0.15, -0.1) is 0 Å². The number of aryl methyl sites for hydroxylation is 1. The lowest BCUT2D eigenvalue weighted by molar-refractivity contribution is -0.195. The summed E-state index contributed by atoms with van der Waals surface area (Å²) in [5.41, 5.74) is 1.72. The predicted octanol–water partition coefficient (Wildman–Crippen LogP) is 4.64. The smallest absolute Gasteiger partial charge is 0.297 e. The second kappa shape index (κ2) is 9.17. The van der Waals surface area contributed by atoms with Crippen molar-refractivity contribution in [3.8, 4) is 0 Å². The molecule has 1 fully saturated rings. The lowest BCUT2D eigenvalue weighted by Gasteiger charge is -2.28. The first kappa shape index (κ1) is 20.3. The number of halogens is 1. The zero-order chi connectivity index (χ0) is 19.3. The highest BCUT2D eigenvalue weighted by molar-refractivity contribution is 7.86. The van der Waals surface area contributed by atoms with E-state index in [4.69, 9.17) is 25.3 Å². The zero-order valence-electron chi connectivity index (χ0n) is 15.1. The molecule has 27 heavy (non-hydrogen) atoms. The molecule has 1 saturated heterocycles. The van der Waals surface area contributed by atoms with E-state index in [1.807, 2.05) is 13.0 Å². The highest BCUT2D eigenvalue weighted by Gasteiger charge is 2.25. The van der Waals surface area contributed by atoms with Gasteiger partial charge in [0.25, 0.3) is 10.1 Å². The second-order valence-electron chi connectivity index (χ2n) is 6.53. The van der Waals surface area contributed by atoms with Crippen molar-refractivity contribution >= 4 is 21.7 Å². The molecule has 0 spiro atoms. The summed E-state index contributed by atoms with van der Waals surface area (Å²) in [6.45, 7) is 2.37. The predicted molar refractivity (Wildman–Crippen MR) is 103 cm³/mol. The van der Waals surface area contributed by atoms with Crippen LogP contribution in [0.1, 0.15) is 36.5 Å². The summed E-state index contributed by atoms with van der Waals surface area (Å²) in [5, 5.41) is 0.548. The highest BCUT2D eigenvalue weighted by Crippen LogP contribution is 2.27. The Kier molecular flexibility index (Phi) is 6.89. The van der Waals surface area contributed by atoms with Gasteiger partial charge < -0.3 is 9.47 Å². The molecule has 0 amide bonds. The Balaban J connectivity index is 1.75. The van der Waals surface area contributed by atoms with E-state index in [0.29, 0.717) is 11.6 Å². The quantitative estimate of drug-likeness (QED) is 0.622. The minimum Gasteiger partial charge on any atom is -0.353 e. The van der Waals surface area contributed by atoms with E-state index in [9.17, 15) is 8.42 Å². The van der Waals surface area contributed by atoms with Crippen LogP contribution < -0.4 is 0 Å². The normalized spacial score (nSPS) is 19.0. The van der Waals surface area contributed by atoms with Crippen LogP contribution in [0.5, 0.6) is 0 Å². The molecule has 146 valence electrons. The highest BCUT2D eigenvalue weighted by atomic mass is 35.5. The Labute approximate surface area is 165 Å². The molecule has 0 aromatic heterocycles. The van der Waals surface area contributed by atoms with Crippen LogP contribution in [0.4, 0.5) is 0 Å². The summed E-state index contributed by atoms with van der Waals surface area (Å²) in [5.74, 6) is 0. The topological polar surface area (TPSA) is 61.8 Å². The maximum Gasteiger partial charge on any atom is 0.297 e. The molecular weight excluding hydrogens is 388 g/mol. The van der Waals surface area contributed by atoms with E-state index in [0.717, 1.165) is 30.4 Å². The molecule has 0 saturated carbocycles. The number of benzene rings is 2. The van der Waals surface area contributed by atoms with Crippen molar-refractivity contribution in [2.24, 2.45) is 0 Å². The van der Waals surface area contributed by atoms with Gasteiger partial charge in [0.15, 0.2) is 6.29 Å². The van der Waals surface area contributed by atoms with Crippen molar-refractivity contribution in [2.75, 3.05) is 13.2 Å². The van der Waals surface area contributed by atoms with Gasteiger partial charge in [-0.25, -0.2) is 0 Å². The number of ether oxygens (including phenoxy) is 2. The summed E-state index contributed by atoms with van der Waals surface area (Å²) in [7, 11) is -3.88. The van der Waals surface area contributed by atoms with E-state index in [1.54, 1.807) is 30.3 Å². The van der Waals surface area contributed by atoms with Crippen molar-refractivity contribution in [3.05, 3.63) is 64.7 Å². The number of hydrogen-bond donors (Lipinski definition) is 0. The fourth-order valence-corrected chi connectivity index (χ4v) is 3.95. The van der Waals surface area contributed by atoms with Gasteiger partial charge in [0.1, 0.15) is 6.10 Å². The van der Waals surface area contributed by atoms with Gasteiger partial charge in [-0.2, -0.15) is 8.42 Å². The van der Waals surface area contributed by atoms with Gasteiger partial charge in [-0.05, 0) is 56.0 Å². The third-order valence-electron chi connectivity index (χ3n) is 4.36. The summed E-state index contributed by atoms with van der Waals surface area (Å²) in [6.07, 6.45) is 1.79. The lowest BCUT2D eigenvalue weighted by Crippen LogP contribution is -2.27. The minimum atomic E-state index is -3.88. The molecule has 0 N–H and O–H groups in total. The van der Waals surface area contributed by atoms with Gasteiger partial charge >= 0.3 is 0 Å². The van der Waals surface area contributed by atoms with E-state index in [2.05, 4.69) is 0 Å². The molecule has 0 aliphatic carbocycles. The molecule has 5 nitrogen and oxygen atoms in total. The van der Waals surface area contributed by atoms with Crippen LogP contribution in [0.2, 0.25) is 5.02 Å². The summed E-state index contributed by atoms with van der Waals surface area (Å²) in [6, 6.07) is 13.7. The molecule has 7 heteroatoms. The van der Waals surface area contributed by atoms with Crippen molar-refractivity contribution < 1.29 is 22.1 Å². The Hall–Kier alpha value is -1.44. The monoisotopic (exact) mass is 410 g/mol. The zero-order valence-corrected chi connectivity index (χ0v) is 16.7.